The molecule has 10 nitrogen and oxygen atoms in total. The second-order valence-electron chi connectivity index (χ2n) is 7.31. The lowest BCUT2D eigenvalue weighted by Gasteiger charge is -2.28. The maximum atomic E-state index is 12.8. The van der Waals surface area contributed by atoms with Crippen LogP contribution in [0.4, 0.5) is 0 Å². The van der Waals surface area contributed by atoms with Gasteiger partial charge in [0.05, 0.1) is 23.4 Å². The van der Waals surface area contributed by atoms with Gasteiger partial charge in [-0.3, -0.25) is 19.2 Å². The lowest BCUT2D eigenvalue weighted by Crippen LogP contribution is -2.54. The summed E-state index contributed by atoms with van der Waals surface area (Å²) < 4.78 is 0. The van der Waals surface area contributed by atoms with Crippen molar-refractivity contribution >= 4 is 41.6 Å². The molecule has 0 radical (unpaired) electrons. The fourth-order valence-corrected chi connectivity index (χ4v) is 3.57. The van der Waals surface area contributed by atoms with Gasteiger partial charge in [-0.05, 0) is 25.8 Å². The zero-order chi connectivity index (χ0) is 22.4. The van der Waals surface area contributed by atoms with Crippen molar-refractivity contribution in [3.05, 3.63) is 22.9 Å². The molecule has 164 valence electrons. The number of amides is 3. The minimum atomic E-state index is -1.23. The summed E-state index contributed by atoms with van der Waals surface area (Å²) >= 11 is 5.88. The van der Waals surface area contributed by atoms with E-state index in [-0.39, 0.29) is 12.3 Å². The van der Waals surface area contributed by atoms with Crippen LogP contribution in [0.3, 0.4) is 0 Å². The average Bonchev–Trinajstić information content (AvgIpc) is 3.18. The summed E-state index contributed by atoms with van der Waals surface area (Å²) in [5, 5.41) is 14.2. The van der Waals surface area contributed by atoms with Gasteiger partial charge in [-0.2, -0.15) is 0 Å². The summed E-state index contributed by atoms with van der Waals surface area (Å²) in [7, 11) is 0. The Kier molecular flexibility index (Phi) is 7.99. The molecule has 0 aromatic rings. The number of likely N-dealkylation sites (tertiary alicyclic amines) is 1. The highest BCUT2D eigenvalue weighted by atomic mass is 35.5. The van der Waals surface area contributed by atoms with Gasteiger partial charge >= 0.3 is 5.97 Å². The molecule has 1 fully saturated rings. The lowest BCUT2D eigenvalue weighted by atomic mass is 9.97. The molecule has 1 heterocycles. The van der Waals surface area contributed by atoms with Gasteiger partial charge in [-0.25, -0.2) is 0 Å². The Balaban J connectivity index is 1.96. The molecule has 1 aliphatic heterocycles. The van der Waals surface area contributed by atoms with Crippen LogP contribution >= 0.6 is 11.6 Å². The Bertz CT molecular complexity index is 796. The maximum Gasteiger partial charge on any atom is 0.305 e. The van der Waals surface area contributed by atoms with Crippen molar-refractivity contribution in [2.45, 2.75) is 50.7 Å². The Morgan fingerprint density at radius 2 is 2.03 bits per heavy atom. The van der Waals surface area contributed by atoms with E-state index >= 15 is 0 Å². The number of nitrogens with two attached hydrogens (primary N) is 1. The number of carboxylic acid groups (broad SMARTS) is 1. The first kappa shape index (κ1) is 23.4. The summed E-state index contributed by atoms with van der Waals surface area (Å²) in [5.41, 5.74) is 6.15. The van der Waals surface area contributed by atoms with Crippen LogP contribution in [0.15, 0.2) is 22.9 Å². The fraction of sp³-hybridized carbons (Fsp3) is 0.526. The standard InChI is InChI=1S/C19H25ClN4O6/c1-10(22-17(28)11-4-5-13(20)14(21)7-11)19(30)24-6-2-3-15(24)18(29)23-12(9-25)8-16(26)27/h4-5,9-12,15H,2-3,6-8,21H2,1H3,(H,22,28)(H,23,29)(H,26,27)/t10-,11?,12-,15-/m0/s1. The summed E-state index contributed by atoms with van der Waals surface area (Å²) in [4.78, 5) is 60.9. The maximum absolute atomic E-state index is 12.8. The molecular formula is C19H25ClN4O6. The van der Waals surface area contributed by atoms with Gasteiger partial charge < -0.3 is 31.2 Å². The van der Waals surface area contributed by atoms with Gasteiger partial charge in [0.1, 0.15) is 18.4 Å². The molecule has 0 bridgehead atoms. The van der Waals surface area contributed by atoms with Crippen molar-refractivity contribution in [1.29, 1.82) is 0 Å². The zero-order valence-corrected chi connectivity index (χ0v) is 17.2. The second-order valence-corrected chi connectivity index (χ2v) is 7.72. The number of nitrogens with one attached hydrogen (secondary N) is 2. The number of rotatable bonds is 8. The van der Waals surface area contributed by atoms with Crippen LogP contribution in [0, 0.1) is 5.92 Å². The number of aldehydes is 1. The topological polar surface area (TPSA) is 159 Å². The number of hydrogen-bond acceptors (Lipinski definition) is 6. The molecule has 2 rings (SSSR count). The zero-order valence-electron chi connectivity index (χ0n) is 16.5. The van der Waals surface area contributed by atoms with Gasteiger partial charge in [-0.15, -0.1) is 0 Å². The average molecular weight is 441 g/mol. The van der Waals surface area contributed by atoms with Crippen molar-refractivity contribution in [1.82, 2.24) is 15.5 Å². The van der Waals surface area contributed by atoms with E-state index in [2.05, 4.69) is 10.6 Å². The summed E-state index contributed by atoms with van der Waals surface area (Å²) in [5.74, 6) is -3.20. The third kappa shape index (κ3) is 5.82. The lowest BCUT2D eigenvalue weighted by molar-refractivity contribution is -0.142. The monoisotopic (exact) mass is 440 g/mol. The van der Waals surface area contributed by atoms with E-state index in [0.29, 0.717) is 36.4 Å². The molecule has 11 heteroatoms. The molecule has 2 aliphatic rings. The summed E-state index contributed by atoms with van der Waals surface area (Å²) in [6.07, 6.45) is 4.15. The number of halogens is 1. The van der Waals surface area contributed by atoms with E-state index in [9.17, 15) is 24.0 Å². The molecule has 1 saturated heterocycles. The van der Waals surface area contributed by atoms with Crippen LogP contribution in [0.2, 0.25) is 0 Å². The number of aliphatic carboxylic acids is 1. The molecule has 5 N–H and O–H groups in total. The predicted octanol–water partition coefficient (Wildman–Crippen LogP) is -0.374. The van der Waals surface area contributed by atoms with Gasteiger partial charge in [0.2, 0.25) is 17.7 Å². The number of allylic oxidation sites excluding steroid dienone is 3. The summed E-state index contributed by atoms with van der Waals surface area (Å²) in [6.45, 7) is 1.83. The molecular weight excluding hydrogens is 416 g/mol. The molecule has 0 aromatic heterocycles. The number of carbonyl (C=O) groups excluding carboxylic acids is 4. The van der Waals surface area contributed by atoms with Crippen LogP contribution in [-0.2, 0) is 24.0 Å². The number of hydrogen-bond donors (Lipinski definition) is 4. The molecule has 0 aromatic carbocycles. The van der Waals surface area contributed by atoms with Gasteiger partial charge in [-0.1, -0.05) is 17.7 Å². The molecule has 0 saturated carbocycles. The third-order valence-electron chi connectivity index (χ3n) is 5.01. The van der Waals surface area contributed by atoms with Gasteiger partial charge in [0.25, 0.3) is 0 Å². The first-order valence-electron chi connectivity index (χ1n) is 9.54. The third-order valence-corrected chi connectivity index (χ3v) is 5.38. The van der Waals surface area contributed by atoms with E-state index in [1.54, 1.807) is 12.2 Å². The molecule has 0 spiro atoms. The Morgan fingerprint density at radius 3 is 2.63 bits per heavy atom. The normalized spacial score (nSPS) is 22.9. The highest BCUT2D eigenvalue weighted by Crippen LogP contribution is 2.23. The fourth-order valence-electron chi connectivity index (χ4n) is 3.42. The van der Waals surface area contributed by atoms with Crippen LogP contribution in [0.25, 0.3) is 0 Å². The SMILES string of the molecule is C[C@H](NC(=O)C1C=CC(Cl)=C(N)C1)C(=O)N1CCC[C@H]1C(=O)N[C@H](C=O)CC(=O)O. The second kappa shape index (κ2) is 10.2. The smallest absolute Gasteiger partial charge is 0.305 e. The molecule has 30 heavy (non-hydrogen) atoms. The van der Waals surface area contributed by atoms with Crippen molar-refractivity contribution < 1.29 is 29.1 Å². The highest BCUT2D eigenvalue weighted by Gasteiger charge is 2.37. The van der Waals surface area contributed by atoms with E-state index in [1.165, 1.54) is 11.8 Å². The van der Waals surface area contributed by atoms with Crippen molar-refractivity contribution in [2.24, 2.45) is 11.7 Å². The minimum Gasteiger partial charge on any atom is -0.481 e. The largest absolute Gasteiger partial charge is 0.481 e. The molecule has 1 aliphatic carbocycles. The van der Waals surface area contributed by atoms with E-state index in [0.717, 1.165) is 0 Å². The Hall–Kier alpha value is -2.88. The van der Waals surface area contributed by atoms with Crippen LogP contribution in [0.1, 0.15) is 32.6 Å². The molecule has 4 atom stereocenters. The van der Waals surface area contributed by atoms with Crippen molar-refractivity contribution in [2.75, 3.05) is 6.54 Å². The first-order valence-corrected chi connectivity index (χ1v) is 9.92. The predicted molar refractivity (Wildman–Crippen MR) is 107 cm³/mol. The van der Waals surface area contributed by atoms with E-state index < -0.39 is 48.2 Å². The van der Waals surface area contributed by atoms with E-state index in [1.807, 2.05) is 0 Å². The van der Waals surface area contributed by atoms with Gasteiger partial charge in [0, 0.05) is 18.7 Å². The highest BCUT2D eigenvalue weighted by molar-refractivity contribution is 6.31. The minimum absolute atomic E-state index is 0.244. The van der Waals surface area contributed by atoms with Gasteiger partial charge in [0.15, 0.2) is 0 Å². The summed E-state index contributed by atoms with van der Waals surface area (Å²) in [6, 6.07) is -2.89. The Morgan fingerprint density at radius 1 is 1.33 bits per heavy atom. The van der Waals surface area contributed by atoms with Crippen LogP contribution in [0.5, 0.6) is 0 Å². The van der Waals surface area contributed by atoms with Crippen molar-refractivity contribution in [3.63, 3.8) is 0 Å². The van der Waals surface area contributed by atoms with Crippen LogP contribution < -0.4 is 16.4 Å². The quantitative estimate of drug-likeness (QED) is 0.374. The Labute approximate surface area is 178 Å². The molecule has 3 amide bonds. The van der Waals surface area contributed by atoms with Crippen molar-refractivity contribution in [3.8, 4) is 0 Å². The molecule has 1 unspecified atom stereocenters. The number of carbonyl (C=O) groups is 5. The number of carboxylic acids is 1. The van der Waals surface area contributed by atoms with E-state index in [4.69, 9.17) is 22.4 Å². The first-order chi connectivity index (χ1) is 14.1. The van der Waals surface area contributed by atoms with Crippen LogP contribution in [-0.4, -0.2) is 64.7 Å². The number of nitrogens with zero attached hydrogens (tertiary/aromatic N) is 1.